The van der Waals surface area contributed by atoms with Gasteiger partial charge in [0.1, 0.15) is 0 Å². The number of hydrogen-bond donors (Lipinski definition) is 2. The molecule has 0 aliphatic rings. The fourth-order valence-corrected chi connectivity index (χ4v) is 1.75. The van der Waals surface area contributed by atoms with E-state index < -0.39 is 0 Å². The van der Waals surface area contributed by atoms with Gasteiger partial charge in [-0.25, -0.2) is 0 Å². The zero-order chi connectivity index (χ0) is 12.7. The van der Waals surface area contributed by atoms with Gasteiger partial charge in [0.2, 0.25) is 0 Å². The van der Waals surface area contributed by atoms with E-state index in [1.165, 1.54) is 5.56 Å². The second-order valence-electron chi connectivity index (χ2n) is 4.22. The van der Waals surface area contributed by atoms with E-state index in [-0.39, 0.29) is 11.9 Å². The summed E-state index contributed by atoms with van der Waals surface area (Å²) >= 11 is 0. The molecule has 94 valence electrons. The Labute approximate surface area is 103 Å². The summed E-state index contributed by atoms with van der Waals surface area (Å²) in [5.74, 6) is 0.0120. The molecule has 17 heavy (non-hydrogen) atoms. The number of carbonyl (C=O) groups excluding carboxylic acids is 1. The van der Waals surface area contributed by atoms with Crippen LogP contribution in [0.25, 0.3) is 0 Å². The van der Waals surface area contributed by atoms with Gasteiger partial charge in [-0.3, -0.25) is 4.79 Å². The lowest BCUT2D eigenvalue weighted by atomic mass is 10.1. The first kappa shape index (κ1) is 13.7. The summed E-state index contributed by atoms with van der Waals surface area (Å²) in [5, 5.41) is 3.02. The van der Waals surface area contributed by atoms with Crippen molar-refractivity contribution in [3.8, 4) is 0 Å². The van der Waals surface area contributed by atoms with Crippen LogP contribution in [0.4, 0.5) is 0 Å². The molecule has 1 aromatic rings. The predicted octanol–water partition coefficient (Wildman–Crippen LogP) is 2.11. The average molecular weight is 234 g/mol. The molecule has 3 heteroatoms. The highest BCUT2D eigenvalue weighted by Crippen LogP contribution is 2.06. The van der Waals surface area contributed by atoms with E-state index in [1.54, 1.807) is 0 Å². The second-order valence-corrected chi connectivity index (χ2v) is 4.22. The van der Waals surface area contributed by atoms with Gasteiger partial charge in [-0.05, 0) is 43.5 Å². The SMILES string of the molecule is CCC(CC)NC(=O)c1ccc(CCN)cc1. The molecule has 0 atom stereocenters. The van der Waals surface area contributed by atoms with E-state index >= 15 is 0 Å². The van der Waals surface area contributed by atoms with Crippen LogP contribution in [0.2, 0.25) is 0 Å². The Morgan fingerprint density at radius 2 is 1.82 bits per heavy atom. The Kier molecular flexibility index (Phi) is 5.70. The van der Waals surface area contributed by atoms with Crippen LogP contribution in [-0.4, -0.2) is 18.5 Å². The smallest absolute Gasteiger partial charge is 0.251 e. The topological polar surface area (TPSA) is 55.1 Å². The van der Waals surface area contributed by atoms with E-state index in [1.807, 2.05) is 24.3 Å². The van der Waals surface area contributed by atoms with Crippen molar-refractivity contribution >= 4 is 5.91 Å². The van der Waals surface area contributed by atoms with Crippen molar-refractivity contribution in [3.63, 3.8) is 0 Å². The highest BCUT2D eigenvalue weighted by atomic mass is 16.1. The molecule has 1 rings (SSSR count). The lowest BCUT2D eigenvalue weighted by Gasteiger charge is -2.14. The molecule has 1 aromatic carbocycles. The minimum absolute atomic E-state index is 0.0120. The van der Waals surface area contributed by atoms with Crippen LogP contribution in [0.15, 0.2) is 24.3 Å². The molecule has 0 saturated carbocycles. The molecule has 0 bridgehead atoms. The summed E-state index contributed by atoms with van der Waals surface area (Å²) in [6, 6.07) is 7.93. The third-order valence-corrected chi connectivity index (χ3v) is 2.97. The van der Waals surface area contributed by atoms with Gasteiger partial charge in [0.15, 0.2) is 0 Å². The van der Waals surface area contributed by atoms with Gasteiger partial charge in [0.25, 0.3) is 5.91 Å². The monoisotopic (exact) mass is 234 g/mol. The van der Waals surface area contributed by atoms with Crippen molar-refractivity contribution in [2.75, 3.05) is 6.54 Å². The molecular formula is C14H22N2O. The Morgan fingerprint density at radius 3 is 2.29 bits per heavy atom. The highest BCUT2D eigenvalue weighted by molar-refractivity contribution is 5.94. The predicted molar refractivity (Wildman–Crippen MR) is 71.0 cm³/mol. The standard InChI is InChI=1S/C14H22N2O/c1-3-13(4-2)16-14(17)12-7-5-11(6-8-12)9-10-15/h5-8,13H,3-4,9-10,15H2,1-2H3,(H,16,17). The second kappa shape index (κ2) is 7.07. The molecular weight excluding hydrogens is 212 g/mol. The molecule has 0 fully saturated rings. The van der Waals surface area contributed by atoms with Gasteiger partial charge in [-0.15, -0.1) is 0 Å². The molecule has 0 spiro atoms. The Balaban J connectivity index is 2.63. The third-order valence-electron chi connectivity index (χ3n) is 2.97. The van der Waals surface area contributed by atoms with Crippen LogP contribution in [0.1, 0.15) is 42.6 Å². The van der Waals surface area contributed by atoms with Gasteiger partial charge in [-0.2, -0.15) is 0 Å². The van der Waals surface area contributed by atoms with Crippen LogP contribution < -0.4 is 11.1 Å². The van der Waals surface area contributed by atoms with Crippen LogP contribution in [0, 0.1) is 0 Å². The minimum atomic E-state index is 0.0120. The number of nitrogens with one attached hydrogen (secondary N) is 1. The molecule has 0 radical (unpaired) electrons. The fourth-order valence-electron chi connectivity index (χ4n) is 1.75. The molecule has 1 amide bonds. The molecule has 0 aromatic heterocycles. The van der Waals surface area contributed by atoms with E-state index in [9.17, 15) is 4.79 Å². The minimum Gasteiger partial charge on any atom is -0.349 e. The summed E-state index contributed by atoms with van der Waals surface area (Å²) in [5.41, 5.74) is 7.37. The Bertz CT molecular complexity index is 342. The van der Waals surface area contributed by atoms with Crippen molar-refractivity contribution < 1.29 is 4.79 Å². The molecule has 0 aliphatic carbocycles. The molecule has 0 unspecified atom stereocenters. The van der Waals surface area contributed by atoms with Crippen molar-refractivity contribution in [1.29, 1.82) is 0 Å². The van der Waals surface area contributed by atoms with E-state index in [4.69, 9.17) is 5.73 Å². The summed E-state index contributed by atoms with van der Waals surface area (Å²) in [7, 11) is 0. The van der Waals surface area contributed by atoms with E-state index in [2.05, 4.69) is 19.2 Å². The number of hydrogen-bond acceptors (Lipinski definition) is 2. The lowest BCUT2D eigenvalue weighted by Crippen LogP contribution is -2.33. The number of nitrogens with two attached hydrogens (primary N) is 1. The zero-order valence-electron chi connectivity index (χ0n) is 10.7. The zero-order valence-corrected chi connectivity index (χ0v) is 10.7. The van der Waals surface area contributed by atoms with Gasteiger partial charge in [-0.1, -0.05) is 26.0 Å². The van der Waals surface area contributed by atoms with Gasteiger partial charge >= 0.3 is 0 Å². The van der Waals surface area contributed by atoms with Crippen molar-refractivity contribution in [2.45, 2.75) is 39.2 Å². The van der Waals surface area contributed by atoms with Crippen LogP contribution in [-0.2, 0) is 6.42 Å². The molecule has 0 heterocycles. The third kappa shape index (κ3) is 4.19. The molecule has 3 N–H and O–H groups in total. The molecule has 0 aliphatic heterocycles. The van der Waals surface area contributed by atoms with E-state index in [0.29, 0.717) is 6.54 Å². The normalized spacial score (nSPS) is 10.6. The summed E-state index contributed by atoms with van der Waals surface area (Å²) in [4.78, 5) is 11.9. The van der Waals surface area contributed by atoms with Crippen molar-refractivity contribution in [3.05, 3.63) is 35.4 Å². The maximum atomic E-state index is 11.9. The first-order valence-corrected chi connectivity index (χ1v) is 6.31. The van der Waals surface area contributed by atoms with Gasteiger partial charge in [0.05, 0.1) is 0 Å². The largest absolute Gasteiger partial charge is 0.349 e. The van der Waals surface area contributed by atoms with Crippen LogP contribution in [0.3, 0.4) is 0 Å². The van der Waals surface area contributed by atoms with Crippen LogP contribution in [0.5, 0.6) is 0 Å². The molecule has 0 saturated heterocycles. The van der Waals surface area contributed by atoms with Crippen LogP contribution >= 0.6 is 0 Å². The number of benzene rings is 1. The maximum Gasteiger partial charge on any atom is 0.251 e. The average Bonchev–Trinajstić information content (AvgIpc) is 2.37. The number of carbonyl (C=O) groups is 1. The summed E-state index contributed by atoms with van der Waals surface area (Å²) in [6.45, 7) is 4.80. The summed E-state index contributed by atoms with van der Waals surface area (Å²) < 4.78 is 0. The number of rotatable bonds is 6. The van der Waals surface area contributed by atoms with E-state index in [0.717, 1.165) is 24.8 Å². The lowest BCUT2D eigenvalue weighted by molar-refractivity contribution is 0.0935. The maximum absolute atomic E-state index is 11.9. The molecule has 3 nitrogen and oxygen atoms in total. The van der Waals surface area contributed by atoms with Crippen molar-refractivity contribution in [2.24, 2.45) is 5.73 Å². The van der Waals surface area contributed by atoms with Gasteiger partial charge < -0.3 is 11.1 Å². The Morgan fingerprint density at radius 1 is 1.24 bits per heavy atom. The summed E-state index contributed by atoms with van der Waals surface area (Å²) in [6.07, 6.45) is 2.79. The van der Waals surface area contributed by atoms with Gasteiger partial charge in [0, 0.05) is 11.6 Å². The van der Waals surface area contributed by atoms with Crippen molar-refractivity contribution in [1.82, 2.24) is 5.32 Å². The highest BCUT2D eigenvalue weighted by Gasteiger charge is 2.09. The Hall–Kier alpha value is -1.35. The number of amides is 1. The first-order valence-electron chi connectivity index (χ1n) is 6.31. The quantitative estimate of drug-likeness (QED) is 0.792. The first-order chi connectivity index (χ1) is 8.21. The fraction of sp³-hybridized carbons (Fsp3) is 0.500.